The van der Waals surface area contributed by atoms with Crippen LogP contribution in [0.5, 0.6) is 0 Å². The van der Waals surface area contributed by atoms with E-state index >= 15 is 0 Å². The minimum atomic E-state index is -4.64. The Morgan fingerprint density at radius 1 is 1.11 bits per heavy atom. The molecule has 9 heteroatoms. The maximum absolute atomic E-state index is 9.62. The first-order chi connectivity index (χ1) is 3.91. The van der Waals surface area contributed by atoms with E-state index in [1.165, 1.54) is 0 Å². The summed E-state index contributed by atoms with van der Waals surface area (Å²) < 4.78 is 28.1. The molecule has 0 spiro atoms. The van der Waals surface area contributed by atoms with Crippen LogP contribution >= 0.6 is 7.82 Å². The minimum absolute atomic E-state index is 1.88. The summed E-state index contributed by atoms with van der Waals surface area (Å²) >= 11 is 0. The van der Waals surface area contributed by atoms with Crippen LogP contribution in [0.25, 0.3) is 0 Å². The fraction of sp³-hybridized carbons (Fsp3) is 0. The van der Waals surface area contributed by atoms with Gasteiger partial charge in [0.1, 0.15) is 0 Å². The molecule has 0 aliphatic heterocycles. The van der Waals surface area contributed by atoms with Gasteiger partial charge < -0.3 is 14.7 Å². The van der Waals surface area contributed by atoms with Crippen molar-refractivity contribution in [3.8, 4) is 0 Å². The zero-order valence-corrected chi connectivity index (χ0v) is 4.66. The highest BCUT2D eigenvalue weighted by Crippen LogP contribution is 2.25. The average Bonchev–Trinajstić information content (AvgIpc) is 1.61. The molecule has 0 saturated carbocycles. The van der Waals surface area contributed by atoms with Gasteiger partial charge in [0.25, 0.3) is 0 Å². The Kier molecular flexibility index (Phi) is 7.79. The highest BCUT2D eigenvalue weighted by molar-refractivity contribution is 7.45. The Morgan fingerprint density at radius 2 is 1.22 bits per heavy atom. The third-order valence-corrected chi connectivity index (χ3v) is 0.0238. The highest BCUT2D eigenvalue weighted by Gasteiger charge is 2.00. The summed E-state index contributed by atoms with van der Waals surface area (Å²) in [5.74, 6) is 0. The van der Waals surface area contributed by atoms with E-state index in [4.69, 9.17) is 19.2 Å². The van der Waals surface area contributed by atoms with E-state index in [1.54, 1.807) is 0 Å². The second-order valence-corrected chi connectivity index (χ2v) is 1.67. The number of rotatable bonds is 1. The standard InChI is InChI=1S/F2O2.H3O4P/c1-3-4-2;1-5(2,3)4/h;(H3,1,2,3,4). The van der Waals surface area contributed by atoms with Crippen molar-refractivity contribution in [2.24, 2.45) is 0 Å². The fourth-order valence-corrected chi connectivity index (χ4v) is 0. The van der Waals surface area contributed by atoms with E-state index in [-0.39, 0.29) is 0 Å². The minimum Gasteiger partial charge on any atom is -0.303 e. The molecule has 0 heterocycles. The smallest absolute Gasteiger partial charge is 0.303 e. The molecule has 0 radical (unpaired) electrons. The summed E-state index contributed by atoms with van der Waals surface area (Å²) in [4.78, 5) is 21.6. The van der Waals surface area contributed by atoms with Gasteiger partial charge in [0, 0.05) is 10.2 Å². The molecule has 6 nitrogen and oxygen atoms in total. The second-order valence-electron chi connectivity index (χ2n) is 0.639. The van der Waals surface area contributed by atoms with Crippen LogP contribution in [-0.4, -0.2) is 14.7 Å². The highest BCUT2D eigenvalue weighted by atomic mass is 31.2. The van der Waals surface area contributed by atoms with Gasteiger partial charge in [-0.3, -0.25) is 0 Å². The zero-order valence-electron chi connectivity index (χ0n) is 3.77. The summed E-state index contributed by atoms with van der Waals surface area (Å²) in [6.45, 7) is 0. The Balaban J connectivity index is 0. The molecule has 3 N–H and O–H groups in total. The summed E-state index contributed by atoms with van der Waals surface area (Å²) in [6.07, 6.45) is 0. The SMILES string of the molecule is FOOF.O=P(O)(O)O. The Bertz CT molecular complexity index is 74.8. The van der Waals surface area contributed by atoms with Crippen molar-refractivity contribution in [2.75, 3.05) is 0 Å². The molecule has 0 aromatic rings. The molecule has 0 unspecified atom stereocenters. The van der Waals surface area contributed by atoms with Crippen molar-refractivity contribution in [1.82, 2.24) is 0 Å². The Morgan fingerprint density at radius 3 is 1.22 bits per heavy atom. The van der Waals surface area contributed by atoms with Crippen LogP contribution in [0.15, 0.2) is 0 Å². The van der Waals surface area contributed by atoms with Crippen LogP contribution in [0.2, 0.25) is 0 Å². The van der Waals surface area contributed by atoms with Crippen LogP contribution in [0.1, 0.15) is 0 Å². The molecule has 9 heavy (non-hydrogen) atoms. The number of phosphoric acid groups is 1. The van der Waals surface area contributed by atoms with Gasteiger partial charge in [-0.05, 0) is 9.05 Å². The van der Waals surface area contributed by atoms with Crippen LogP contribution in [0.4, 0.5) is 9.05 Å². The van der Waals surface area contributed by atoms with Gasteiger partial charge in [0.2, 0.25) is 0 Å². The maximum atomic E-state index is 9.62. The summed E-state index contributed by atoms with van der Waals surface area (Å²) in [5, 5.41) is 3.75. The quantitative estimate of drug-likeness (QED) is 0.284. The molecule has 58 valence electrons. The van der Waals surface area contributed by atoms with Crippen molar-refractivity contribution in [3.05, 3.63) is 0 Å². The first kappa shape index (κ1) is 11.7. The van der Waals surface area contributed by atoms with E-state index < -0.39 is 7.82 Å². The largest absolute Gasteiger partial charge is 0.466 e. The first-order valence-corrected chi connectivity index (χ1v) is 2.82. The molecule has 0 rings (SSSR count). The van der Waals surface area contributed by atoms with Crippen molar-refractivity contribution < 1.29 is 38.5 Å². The zero-order chi connectivity index (χ0) is 7.91. The lowest BCUT2D eigenvalue weighted by Crippen LogP contribution is -1.66. The third-order valence-electron chi connectivity index (χ3n) is 0.0238. The molecule has 0 aromatic heterocycles. The predicted octanol–water partition coefficient (Wildman–Crippen LogP) is -0.225. The fourth-order valence-electron chi connectivity index (χ4n) is 0. The predicted molar refractivity (Wildman–Crippen MR) is 18.6 cm³/mol. The molecule has 0 saturated heterocycles. The summed E-state index contributed by atoms with van der Waals surface area (Å²) in [7, 11) is -4.64. The molecule has 0 aromatic carbocycles. The monoisotopic (exact) mass is 168 g/mol. The van der Waals surface area contributed by atoms with E-state index in [0.29, 0.717) is 0 Å². The molecular weight excluding hydrogens is 165 g/mol. The van der Waals surface area contributed by atoms with E-state index in [0.717, 1.165) is 0 Å². The molecule has 0 aliphatic carbocycles. The molecule has 0 aliphatic rings. The second kappa shape index (κ2) is 6.02. The van der Waals surface area contributed by atoms with Crippen molar-refractivity contribution in [1.29, 1.82) is 0 Å². The third kappa shape index (κ3) is 346. The number of hydrogen-bond acceptors (Lipinski definition) is 3. The normalized spacial score (nSPS) is 9.89. The number of hydrogen-bond donors (Lipinski definition) is 3. The van der Waals surface area contributed by atoms with E-state index in [9.17, 15) is 9.05 Å². The first-order valence-electron chi connectivity index (χ1n) is 1.26. The van der Waals surface area contributed by atoms with Crippen molar-refractivity contribution >= 4 is 7.82 Å². The van der Waals surface area contributed by atoms with Gasteiger partial charge in [-0.1, -0.05) is 0 Å². The molecular formula is H3F2O6P. The van der Waals surface area contributed by atoms with Gasteiger partial charge >= 0.3 is 7.82 Å². The van der Waals surface area contributed by atoms with Crippen LogP contribution in [0, 0.1) is 0 Å². The lowest BCUT2D eigenvalue weighted by Gasteiger charge is -1.82. The summed E-state index contributed by atoms with van der Waals surface area (Å²) in [6, 6.07) is 0. The maximum Gasteiger partial charge on any atom is 0.466 e. The van der Waals surface area contributed by atoms with Crippen LogP contribution in [-0.2, 0) is 14.7 Å². The molecule has 0 bridgehead atoms. The van der Waals surface area contributed by atoms with Gasteiger partial charge in [0.15, 0.2) is 0 Å². The molecule has 0 atom stereocenters. The number of halogens is 2. The van der Waals surface area contributed by atoms with E-state index in [1.807, 2.05) is 10.2 Å². The van der Waals surface area contributed by atoms with Crippen molar-refractivity contribution in [2.45, 2.75) is 0 Å². The topological polar surface area (TPSA) is 96.2 Å². The van der Waals surface area contributed by atoms with Gasteiger partial charge in [-0.25, -0.2) is 4.57 Å². The van der Waals surface area contributed by atoms with Gasteiger partial charge in [-0.15, -0.1) is 0 Å². The van der Waals surface area contributed by atoms with Crippen LogP contribution in [0.3, 0.4) is 0 Å². The van der Waals surface area contributed by atoms with E-state index in [2.05, 4.69) is 0 Å². The van der Waals surface area contributed by atoms with Gasteiger partial charge in [0.05, 0.1) is 0 Å². The lowest BCUT2D eigenvalue weighted by atomic mass is 14.8. The average molecular weight is 168 g/mol. The molecule has 0 amide bonds. The Labute approximate surface area is 47.6 Å². The molecule has 0 fully saturated rings. The van der Waals surface area contributed by atoms with Gasteiger partial charge in [-0.2, -0.15) is 0 Å². The van der Waals surface area contributed by atoms with Crippen LogP contribution < -0.4 is 0 Å². The lowest BCUT2D eigenvalue weighted by molar-refractivity contribution is -0.526. The Hall–Kier alpha value is -0.110. The van der Waals surface area contributed by atoms with Crippen molar-refractivity contribution in [3.63, 3.8) is 0 Å². The summed E-state index contributed by atoms with van der Waals surface area (Å²) in [5.41, 5.74) is 0.